The summed E-state index contributed by atoms with van der Waals surface area (Å²) in [6.45, 7) is 8.08. The van der Waals surface area contributed by atoms with E-state index in [1.54, 1.807) is 0 Å². The molecule has 0 aromatic heterocycles. The van der Waals surface area contributed by atoms with Crippen LogP contribution in [0.25, 0.3) is 0 Å². The fourth-order valence-electron chi connectivity index (χ4n) is 3.19. The van der Waals surface area contributed by atoms with Crippen LogP contribution in [0.4, 0.5) is 0 Å². The Balaban J connectivity index is 1.94. The van der Waals surface area contributed by atoms with Crippen LogP contribution in [0.3, 0.4) is 0 Å². The standard InChI is InChI=1S/C14H26N2O2/c1-4-6-12-14(17)16(10(3)15-12)9-11-7-8-18-13(11)5-2/h10-13,15H,4-9H2,1-3H3. The van der Waals surface area contributed by atoms with Gasteiger partial charge < -0.3 is 9.64 Å². The minimum Gasteiger partial charge on any atom is -0.378 e. The molecule has 0 aromatic carbocycles. The van der Waals surface area contributed by atoms with E-state index in [4.69, 9.17) is 4.74 Å². The first kappa shape index (κ1) is 13.8. The van der Waals surface area contributed by atoms with Crippen LogP contribution in [0.15, 0.2) is 0 Å². The molecule has 0 saturated carbocycles. The van der Waals surface area contributed by atoms with Gasteiger partial charge in [0.05, 0.1) is 18.3 Å². The number of carbonyl (C=O) groups excluding carboxylic acids is 1. The Labute approximate surface area is 110 Å². The summed E-state index contributed by atoms with van der Waals surface area (Å²) in [6.07, 6.45) is 4.65. The largest absolute Gasteiger partial charge is 0.378 e. The fraction of sp³-hybridized carbons (Fsp3) is 0.929. The molecule has 4 unspecified atom stereocenters. The molecule has 2 saturated heterocycles. The van der Waals surface area contributed by atoms with Gasteiger partial charge in [-0.3, -0.25) is 10.1 Å². The summed E-state index contributed by atoms with van der Waals surface area (Å²) in [6, 6.07) is 0.0346. The van der Waals surface area contributed by atoms with Crippen LogP contribution in [0, 0.1) is 5.92 Å². The van der Waals surface area contributed by atoms with Crippen molar-refractivity contribution in [2.24, 2.45) is 5.92 Å². The first-order valence-electron chi connectivity index (χ1n) is 7.35. The third kappa shape index (κ3) is 2.69. The van der Waals surface area contributed by atoms with E-state index in [-0.39, 0.29) is 18.1 Å². The highest BCUT2D eigenvalue weighted by Crippen LogP contribution is 2.26. The van der Waals surface area contributed by atoms with E-state index in [0.717, 1.165) is 38.8 Å². The van der Waals surface area contributed by atoms with Crippen molar-refractivity contribution in [1.82, 2.24) is 10.2 Å². The molecule has 2 fully saturated rings. The van der Waals surface area contributed by atoms with Gasteiger partial charge in [-0.1, -0.05) is 20.3 Å². The zero-order chi connectivity index (χ0) is 13.1. The molecule has 2 heterocycles. The van der Waals surface area contributed by atoms with E-state index in [1.807, 2.05) is 4.90 Å². The van der Waals surface area contributed by atoms with Crippen molar-refractivity contribution >= 4 is 5.91 Å². The lowest BCUT2D eigenvalue weighted by Crippen LogP contribution is -2.40. The molecule has 18 heavy (non-hydrogen) atoms. The van der Waals surface area contributed by atoms with E-state index in [1.165, 1.54) is 0 Å². The zero-order valence-electron chi connectivity index (χ0n) is 11.8. The summed E-state index contributed by atoms with van der Waals surface area (Å²) in [5.74, 6) is 0.801. The summed E-state index contributed by atoms with van der Waals surface area (Å²) < 4.78 is 5.71. The van der Waals surface area contributed by atoms with Crippen molar-refractivity contribution in [2.75, 3.05) is 13.2 Å². The molecule has 4 atom stereocenters. The Morgan fingerprint density at radius 3 is 2.89 bits per heavy atom. The first-order valence-corrected chi connectivity index (χ1v) is 7.35. The molecule has 4 nitrogen and oxygen atoms in total. The molecule has 2 aliphatic heterocycles. The maximum atomic E-state index is 12.3. The van der Waals surface area contributed by atoms with Gasteiger partial charge in [-0.15, -0.1) is 0 Å². The molecule has 0 bridgehead atoms. The van der Waals surface area contributed by atoms with Crippen LogP contribution in [-0.2, 0) is 9.53 Å². The lowest BCUT2D eigenvalue weighted by Gasteiger charge is -2.26. The summed E-state index contributed by atoms with van der Waals surface area (Å²) >= 11 is 0. The molecule has 0 radical (unpaired) electrons. The lowest BCUT2D eigenvalue weighted by molar-refractivity contribution is -0.130. The minimum absolute atomic E-state index is 0.0346. The number of rotatable bonds is 5. The SMILES string of the molecule is CCCC1NC(C)N(CC2CCOC2CC)C1=O. The number of amides is 1. The second kappa shape index (κ2) is 6.02. The van der Waals surface area contributed by atoms with Gasteiger partial charge in [-0.05, 0) is 26.2 Å². The highest BCUT2D eigenvalue weighted by atomic mass is 16.5. The fourth-order valence-corrected chi connectivity index (χ4v) is 3.19. The quantitative estimate of drug-likeness (QED) is 0.812. The van der Waals surface area contributed by atoms with Crippen molar-refractivity contribution in [3.63, 3.8) is 0 Å². The van der Waals surface area contributed by atoms with Crippen molar-refractivity contribution < 1.29 is 9.53 Å². The number of carbonyl (C=O) groups is 1. The van der Waals surface area contributed by atoms with Gasteiger partial charge in [0, 0.05) is 19.1 Å². The first-order chi connectivity index (χ1) is 8.67. The molecule has 2 aliphatic rings. The van der Waals surface area contributed by atoms with Crippen LogP contribution < -0.4 is 5.32 Å². The van der Waals surface area contributed by atoms with Crippen LogP contribution in [-0.4, -0.2) is 42.3 Å². The van der Waals surface area contributed by atoms with Gasteiger partial charge in [0.1, 0.15) is 0 Å². The normalized spacial score (nSPS) is 36.6. The predicted octanol–water partition coefficient (Wildman–Crippen LogP) is 1.75. The Morgan fingerprint density at radius 2 is 2.22 bits per heavy atom. The third-order valence-corrected chi connectivity index (χ3v) is 4.25. The van der Waals surface area contributed by atoms with Gasteiger partial charge >= 0.3 is 0 Å². The monoisotopic (exact) mass is 254 g/mol. The number of hydrogen-bond donors (Lipinski definition) is 1. The zero-order valence-corrected chi connectivity index (χ0v) is 11.8. The molecule has 0 aromatic rings. The number of nitrogens with one attached hydrogen (secondary N) is 1. The lowest BCUT2D eigenvalue weighted by atomic mass is 9.98. The van der Waals surface area contributed by atoms with Gasteiger partial charge in [0.2, 0.25) is 5.91 Å². The summed E-state index contributed by atoms with van der Waals surface area (Å²) in [5, 5.41) is 3.40. The number of ether oxygens (including phenoxy) is 1. The van der Waals surface area contributed by atoms with Gasteiger partial charge in [0.25, 0.3) is 0 Å². The van der Waals surface area contributed by atoms with E-state index in [0.29, 0.717) is 12.0 Å². The predicted molar refractivity (Wildman–Crippen MR) is 71.1 cm³/mol. The van der Waals surface area contributed by atoms with Crippen molar-refractivity contribution in [3.05, 3.63) is 0 Å². The number of hydrogen-bond acceptors (Lipinski definition) is 3. The van der Waals surface area contributed by atoms with Crippen LogP contribution >= 0.6 is 0 Å². The highest BCUT2D eigenvalue weighted by Gasteiger charge is 2.39. The second-order valence-corrected chi connectivity index (χ2v) is 5.54. The van der Waals surface area contributed by atoms with Crippen molar-refractivity contribution in [2.45, 2.75) is 64.8 Å². The van der Waals surface area contributed by atoms with E-state index >= 15 is 0 Å². The summed E-state index contributed by atoms with van der Waals surface area (Å²) in [4.78, 5) is 14.3. The van der Waals surface area contributed by atoms with E-state index in [9.17, 15) is 4.79 Å². The Hall–Kier alpha value is -0.610. The molecular formula is C14H26N2O2. The Morgan fingerprint density at radius 1 is 1.44 bits per heavy atom. The maximum Gasteiger partial charge on any atom is 0.241 e. The molecule has 4 heteroatoms. The smallest absolute Gasteiger partial charge is 0.241 e. The van der Waals surface area contributed by atoms with Crippen LogP contribution in [0.2, 0.25) is 0 Å². The maximum absolute atomic E-state index is 12.3. The van der Waals surface area contributed by atoms with Gasteiger partial charge in [-0.25, -0.2) is 0 Å². The van der Waals surface area contributed by atoms with E-state index < -0.39 is 0 Å². The molecule has 104 valence electrons. The van der Waals surface area contributed by atoms with Crippen LogP contribution in [0.1, 0.15) is 46.5 Å². The van der Waals surface area contributed by atoms with Gasteiger partial charge in [0.15, 0.2) is 0 Å². The Bertz CT molecular complexity index is 296. The second-order valence-electron chi connectivity index (χ2n) is 5.54. The third-order valence-electron chi connectivity index (χ3n) is 4.25. The van der Waals surface area contributed by atoms with E-state index in [2.05, 4.69) is 26.1 Å². The minimum atomic E-state index is 0.0346. The summed E-state index contributed by atoms with van der Waals surface area (Å²) in [7, 11) is 0. The van der Waals surface area contributed by atoms with Crippen molar-refractivity contribution in [3.8, 4) is 0 Å². The van der Waals surface area contributed by atoms with Gasteiger partial charge in [-0.2, -0.15) is 0 Å². The molecular weight excluding hydrogens is 228 g/mol. The van der Waals surface area contributed by atoms with Crippen molar-refractivity contribution in [1.29, 1.82) is 0 Å². The summed E-state index contributed by atoms with van der Waals surface area (Å²) in [5.41, 5.74) is 0. The molecule has 1 amide bonds. The molecule has 1 N–H and O–H groups in total. The highest BCUT2D eigenvalue weighted by molar-refractivity contribution is 5.84. The molecule has 2 rings (SSSR count). The Kier molecular flexibility index (Phi) is 4.62. The average Bonchev–Trinajstić information content (AvgIpc) is 2.90. The average molecular weight is 254 g/mol. The van der Waals surface area contributed by atoms with Crippen LogP contribution in [0.5, 0.6) is 0 Å². The number of nitrogens with zero attached hydrogens (tertiary/aromatic N) is 1. The molecule has 0 spiro atoms. The topological polar surface area (TPSA) is 41.6 Å². The molecule has 0 aliphatic carbocycles.